The minimum atomic E-state index is -0.495. The van der Waals surface area contributed by atoms with E-state index in [-0.39, 0.29) is 17.3 Å². The molecule has 0 saturated heterocycles. The Balaban J connectivity index is 3.43. The summed E-state index contributed by atoms with van der Waals surface area (Å²) in [6, 6.07) is 1.22. The van der Waals surface area contributed by atoms with Crippen molar-refractivity contribution < 1.29 is 4.92 Å². The van der Waals surface area contributed by atoms with Gasteiger partial charge >= 0.3 is 0 Å². The second-order valence-corrected chi connectivity index (χ2v) is 3.44. The monoisotopic (exact) mass is 196 g/mol. The van der Waals surface area contributed by atoms with Crippen molar-refractivity contribution >= 4 is 5.69 Å². The molecule has 1 aromatic heterocycles. The SMILES string of the molecule is Cc1cc([N+](=O)[O-])cn(C(C)C)c1=O. The maximum Gasteiger partial charge on any atom is 0.286 e. The Morgan fingerprint density at radius 2 is 2.07 bits per heavy atom. The average Bonchev–Trinajstić information content (AvgIpc) is 2.08. The summed E-state index contributed by atoms with van der Waals surface area (Å²) < 4.78 is 1.37. The van der Waals surface area contributed by atoms with E-state index in [1.807, 2.05) is 13.8 Å². The summed E-state index contributed by atoms with van der Waals surface area (Å²) in [5.74, 6) is 0. The van der Waals surface area contributed by atoms with Crippen molar-refractivity contribution in [2.24, 2.45) is 0 Å². The molecule has 5 nitrogen and oxygen atoms in total. The van der Waals surface area contributed by atoms with Crippen LogP contribution in [0.25, 0.3) is 0 Å². The second-order valence-electron chi connectivity index (χ2n) is 3.44. The van der Waals surface area contributed by atoms with Crippen molar-refractivity contribution in [3.63, 3.8) is 0 Å². The molecule has 0 aliphatic carbocycles. The third kappa shape index (κ3) is 1.81. The highest BCUT2D eigenvalue weighted by atomic mass is 16.6. The van der Waals surface area contributed by atoms with Gasteiger partial charge in [0.15, 0.2) is 0 Å². The Bertz CT molecular complexity index is 421. The van der Waals surface area contributed by atoms with Gasteiger partial charge in [-0.2, -0.15) is 0 Å². The predicted octanol–water partition coefficient (Wildman–Crippen LogP) is 1.65. The molecule has 1 rings (SSSR count). The first kappa shape index (κ1) is 10.4. The molecule has 5 heteroatoms. The van der Waals surface area contributed by atoms with E-state index in [0.29, 0.717) is 5.56 Å². The molecule has 0 unspecified atom stereocenters. The van der Waals surface area contributed by atoms with Gasteiger partial charge < -0.3 is 4.57 Å². The number of hydrogen-bond donors (Lipinski definition) is 0. The summed E-state index contributed by atoms with van der Waals surface area (Å²) in [5, 5.41) is 10.5. The van der Waals surface area contributed by atoms with Gasteiger partial charge in [0.2, 0.25) is 0 Å². The van der Waals surface area contributed by atoms with Crippen LogP contribution in [0.1, 0.15) is 25.5 Å². The summed E-state index contributed by atoms with van der Waals surface area (Å²) in [7, 11) is 0. The number of hydrogen-bond acceptors (Lipinski definition) is 3. The normalized spacial score (nSPS) is 10.6. The van der Waals surface area contributed by atoms with Crippen molar-refractivity contribution in [1.29, 1.82) is 0 Å². The van der Waals surface area contributed by atoms with Gasteiger partial charge in [-0.15, -0.1) is 0 Å². The van der Waals surface area contributed by atoms with Crippen molar-refractivity contribution in [1.82, 2.24) is 4.57 Å². The molecule has 0 amide bonds. The van der Waals surface area contributed by atoms with Crippen molar-refractivity contribution in [2.75, 3.05) is 0 Å². The Hall–Kier alpha value is -1.65. The van der Waals surface area contributed by atoms with Crippen molar-refractivity contribution in [2.45, 2.75) is 26.8 Å². The summed E-state index contributed by atoms with van der Waals surface area (Å²) in [6.45, 7) is 5.20. The predicted molar refractivity (Wildman–Crippen MR) is 52.5 cm³/mol. The van der Waals surface area contributed by atoms with Gasteiger partial charge in [-0.25, -0.2) is 0 Å². The molecule has 0 fully saturated rings. The summed E-state index contributed by atoms with van der Waals surface area (Å²) >= 11 is 0. The number of nitro groups is 1. The number of pyridine rings is 1. The number of aromatic nitrogens is 1. The third-order valence-electron chi connectivity index (χ3n) is 1.97. The zero-order valence-electron chi connectivity index (χ0n) is 8.35. The number of nitrogens with zero attached hydrogens (tertiary/aromatic N) is 2. The Labute approximate surface area is 81.1 Å². The lowest BCUT2D eigenvalue weighted by molar-refractivity contribution is -0.385. The van der Waals surface area contributed by atoms with Crippen LogP contribution >= 0.6 is 0 Å². The lowest BCUT2D eigenvalue weighted by atomic mass is 10.2. The fourth-order valence-electron chi connectivity index (χ4n) is 1.21. The maximum atomic E-state index is 11.5. The molecule has 14 heavy (non-hydrogen) atoms. The van der Waals surface area contributed by atoms with E-state index in [2.05, 4.69) is 0 Å². The van der Waals surface area contributed by atoms with E-state index >= 15 is 0 Å². The largest absolute Gasteiger partial charge is 0.306 e. The van der Waals surface area contributed by atoms with E-state index in [1.54, 1.807) is 6.92 Å². The fraction of sp³-hybridized carbons (Fsp3) is 0.444. The van der Waals surface area contributed by atoms with Gasteiger partial charge in [0, 0.05) is 17.7 Å². The van der Waals surface area contributed by atoms with E-state index < -0.39 is 4.92 Å². The minimum absolute atomic E-state index is 0.0456. The lowest BCUT2D eigenvalue weighted by Gasteiger charge is -2.09. The first-order valence-corrected chi connectivity index (χ1v) is 4.30. The summed E-state index contributed by atoms with van der Waals surface area (Å²) in [4.78, 5) is 21.6. The van der Waals surface area contributed by atoms with E-state index in [1.165, 1.54) is 16.8 Å². The molecule has 0 aliphatic heterocycles. The van der Waals surface area contributed by atoms with Crippen molar-refractivity contribution in [3.05, 3.63) is 38.3 Å². The van der Waals surface area contributed by atoms with E-state index in [0.717, 1.165) is 0 Å². The molecule has 0 atom stereocenters. The van der Waals surface area contributed by atoms with Crippen LogP contribution in [0.4, 0.5) is 5.69 Å². The highest BCUT2D eigenvalue weighted by Gasteiger charge is 2.12. The average molecular weight is 196 g/mol. The molecular formula is C9H12N2O3. The van der Waals surface area contributed by atoms with Gasteiger partial charge in [0.1, 0.15) is 0 Å². The van der Waals surface area contributed by atoms with Gasteiger partial charge in [0.05, 0.1) is 11.1 Å². The molecule has 0 aromatic carbocycles. The highest BCUT2D eigenvalue weighted by Crippen LogP contribution is 2.12. The quantitative estimate of drug-likeness (QED) is 0.533. The zero-order valence-corrected chi connectivity index (χ0v) is 8.35. The van der Waals surface area contributed by atoms with Crippen LogP contribution in [0.3, 0.4) is 0 Å². The molecule has 0 bridgehead atoms. The third-order valence-corrected chi connectivity index (χ3v) is 1.97. The molecule has 0 aliphatic rings. The molecule has 1 heterocycles. The first-order valence-electron chi connectivity index (χ1n) is 4.30. The second kappa shape index (κ2) is 3.61. The van der Waals surface area contributed by atoms with Gasteiger partial charge in [-0.05, 0) is 20.8 Å². The molecule has 0 spiro atoms. The smallest absolute Gasteiger partial charge is 0.286 e. The van der Waals surface area contributed by atoms with Crippen LogP contribution < -0.4 is 5.56 Å². The Morgan fingerprint density at radius 3 is 2.50 bits per heavy atom. The topological polar surface area (TPSA) is 65.1 Å². The van der Waals surface area contributed by atoms with Crippen LogP contribution in [-0.2, 0) is 0 Å². The lowest BCUT2D eigenvalue weighted by Crippen LogP contribution is -2.23. The molecular weight excluding hydrogens is 184 g/mol. The zero-order chi connectivity index (χ0) is 10.9. The molecule has 0 N–H and O–H groups in total. The highest BCUT2D eigenvalue weighted by molar-refractivity contribution is 5.30. The van der Waals surface area contributed by atoms with Gasteiger partial charge in [-0.1, -0.05) is 0 Å². The van der Waals surface area contributed by atoms with Gasteiger partial charge in [-0.3, -0.25) is 14.9 Å². The minimum Gasteiger partial charge on any atom is -0.306 e. The van der Waals surface area contributed by atoms with Crippen LogP contribution in [-0.4, -0.2) is 9.49 Å². The molecule has 0 radical (unpaired) electrons. The molecule has 1 aromatic rings. The molecule has 76 valence electrons. The first-order chi connectivity index (χ1) is 6.43. The Kier molecular flexibility index (Phi) is 2.69. The van der Waals surface area contributed by atoms with E-state index in [9.17, 15) is 14.9 Å². The standard InChI is InChI=1S/C9H12N2O3/c1-6(2)10-5-8(11(13)14)4-7(3)9(10)12/h4-6H,1-3H3. The Morgan fingerprint density at radius 1 is 1.50 bits per heavy atom. The number of aryl methyl sites for hydroxylation is 1. The fourth-order valence-corrected chi connectivity index (χ4v) is 1.21. The molecule has 0 saturated carbocycles. The maximum absolute atomic E-state index is 11.5. The van der Waals surface area contributed by atoms with Crippen LogP contribution in [0, 0.1) is 17.0 Å². The summed E-state index contributed by atoms with van der Waals surface area (Å²) in [5.41, 5.74) is 0.175. The van der Waals surface area contributed by atoms with Crippen LogP contribution in [0.2, 0.25) is 0 Å². The van der Waals surface area contributed by atoms with Crippen molar-refractivity contribution in [3.8, 4) is 0 Å². The van der Waals surface area contributed by atoms with Crippen LogP contribution in [0.15, 0.2) is 17.1 Å². The summed E-state index contributed by atoms with van der Waals surface area (Å²) in [6.07, 6.45) is 1.28. The van der Waals surface area contributed by atoms with Gasteiger partial charge in [0.25, 0.3) is 11.2 Å². The number of rotatable bonds is 2. The van der Waals surface area contributed by atoms with E-state index in [4.69, 9.17) is 0 Å². The van der Waals surface area contributed by atoms with Crippen LogP contribution in [0.5, 0.6) is 0 Å².